The van der Waals surface area contributed by atoms with Crippen molar-refractivity contribution in [2.45, 2.75) is 39.7 Å². The number of nitrogens with one attached hydrogen (secondary N) is 1. The second-order valence-corrected chi connectivity index (χ2v) is 5.44. The molecule has 0 aliphatic heterocycles. The third-order valence-electron chi connectivity index (χ3n) is 4.32. The molecule has 1 aliphatic rings. The van der Waals surface area contributed by atoms with Crippen LogP contribution in [0.5, 0.6) is 0 Å². The number of hydrogen-bond acceptors (Lipinski definition) is 1. The van der Waals surface area contributed by atoms with E-state index in [9.17, 15) is 0 Å². The summed E-state index contributed by atoms with van der Waals surface area (Å²) in [6.45, 7) is 8.97. The molecule has 3 rings (SSSR count). The van der Waals surface area contributed by atoms with Crippen LogP contribution in [0.2, 0.25) is 0 Å². The Labute approximate surface area is 109 Å². The third kappa shape index (κ3) is 1.85. The van der Waals surface area contributed by atoms with Crippen LogP contribution in [0.1, 0.15) is 30.7 Å². The molecule has 0 saturated heterocycles. The van der Waals surface area contributed by atoms with Crippen molar-refractivity contribution in [2.75, 3.05) is 13.1 Å². The first-order chi connectivity index (χ1) is 8.71. The van der Waals surface area contributed by atoms with Crippen molar-refractivity contribution >= 4 is 10.9 Å². The van der Waals surface area contributed by atoms with E-state index in [2.05, 4.69) is 48.9 Å². The van der Waals surface area contributed by atoms with Crippen LogP contribution in [-0.2, 0) is 12.8 Å². The van der Waals surface area contributed by atoms with Crippen molar-refractivity contribution in [1.82, 2.24) is 9.88 Å². The molecule has 1 unspecified atom stereocenters. The highest BCUT2D eigenvalue weighted by Gasteiger charge is 2.25. The fraction of sp³-hybridized carbons (Fsp3) is 0.500. The van der Waals surface area contributed by atoms with Gasteiger partial charge in [-0.1, -0.05) is 13.8 Å². The normalized spacial score (nSPS) is 18.8. The molecule has 18 heavy (non-hydrogen) atoms. The Kier molecular flexibility index (Phi) is 2.90. The average Bonchev–Trinajstić information content (AvgIpc) is 2.88. The zero-order chi connectivity index (χ0) is 12.7. The summed E-state index contributed by atoms with van der Waals surface area (Å²) >= 11 is 0. The van der Waals surface area contributed by atoms with Gasteiger partial charge in [0.1, 0.15) is 0 Å². The molecule has 0 fully saturated rings. The first-order valence-corrected chi connectivity index (χ1v) is 7.06. The van der Waals surface area contributed by atoms with Crippen LogP contribution in [0, 0.1) is 6.92 Å². The van der Waals surface area contributed by atoms with Gasteiger partial charge in [-0.25, -0.2) is 0 Å². The van der Waals surface area contributed by atoms with Gasteiger partial charge >= 0.3 is 0 Å². The summed E-state index contributed by atoms with van der Waals surface area (Å²) in [6, 6.07) is 7.71. The van der Waals surface area contributed by atoms with Crippen molar-refractivity contribution < 1.29 is 0 Å². The van der Waals surface area contributed by atoms with E-state index >= 15 is 0 Å². The first kappa shape index (κ1) is 11.8. The predicted octanol–water partition coefficient (Wildman–Crippen LogP) is 3.29. The zero-order valence-corrected chi connectivity index (χ0v) is 11.6. The summed E-state index contributed by atoms with van der Waals surface area (Å²) in [5.74, 6) is 0. The van der Waals surface area contributed by atoms with Crippen LogP contribution in [0.4, 0.5) is 0 Å². The van der Waals surface area contributed by atoms with Crippen molar-refractivity contribution in [3.8, 4) is 0 Å². The molecule has 2 nitrogen and oxygen atoms in total. The fourth-order valence-corrected chi connectivity index (χ4v) is 3.38. The van der Waals surface area contributed by atoms with E-state index < -0.39 is 0 Å². The highest BCUT2D eigenvalue weighted by Crippen LogP contribution is 2.30. The van der Waals surface area contributed by atoms with Gasteiger partial charge in [-0.3, -0.25) is 0 Å². The number of likely N-dealkylation sites (N-methyl/N-ethyl adjacent to an activating group) is 1. The van der Waals surface area contributed by atoms with Crippen molar-refractivity contribution in [2.24, 2.45) is 0 Å². The van der Waals surface area contributed by atoms with Crippen LogP contribution in [0.3, 0.4) is 0 Å². The van der Waals surface area contributed by atoms with Crippen LogP contribution in [0.15, 0.2) is 18.2 Å². The van der Waals surface area contributed by atoms with E-state index in [-0.39, 0.29) is 0 Å². The van der Waals surface area contributed by atoms with E-state index in [1.54, 1.807) is 11.1 Å². The van der Waals surface area contributed by atoms with Crippen molar-refractivity contribution in [3.05, 3.63) is 35.0 Å². The number of hydrogen-bond donors (Lipinski definition) is 1. The minimum atomic E-state index is 0.711. The molecule has 0 bridgehead atoms. The number of aromatic nitrogens is 1. The molecule has 1 aromatic carbocycles. The Morgan fingerprint density at radius 1 is 1.11 bits per heavy atom. The molecular weight excluding hydrogens is 220 g/mol. The van der Waals surface area contributed by atoms with E-state index in [1.165, 1.54) is 29.4 Å². The monoisotopic (exact) mass is 242 g/mol. The maximum Gasteiger partial charge on any atom is 0.0458 e. The molecule has 1 heterocycles. The summed E-state index contributed by atoms with van der Waals surface area (Å²) in [5.41, 5.74) is 5.65. The lowest BCUT2D eigenvalue weighted by atomic mass is 10.1. The highest BCUT2D eigenvalue weighted by molar-refractivity contribution is 5.82. The fourth-order valence-electron chi connectivity index (χ4n) is 3.38. The molecule has 2 aromatic rings. The minimum absolute atomic E-state index is 0.711. The summed E-state index contributed by atoms with van der Waals surface area (Å²) < 4.78 is 0. The lowest BCUT2D eigenvalue weighted by Crippen LogP contribution is -2.35. The van der Waals surface area contributed by atoms with Gasteiger partial charge in [-0.2, -0.15) is 0 Å². The largest absolute Gasteiger partial charge is 0.359 e. The molecular formula is C16H22N2. The van der Waals surface area contributed by atoms with Gasteiger partial charge in [0.15, 0.2) is 0 Å². The number of benzene rings is 1. The number of fused-ring (bicyclic) bond motifs is 2. The molecule has 1 aliphatic carbocycles. The number of H-pyrrole nitrogens is 1. The number of nitrogens with zero attached hydrogens (tertiary/aromatic N) is 1. The second kappa shape index (κ2) is 4.43. The maximum absolute atomic E-state index is 3.45. The van der Waals surface area contributed by atoms with Crippen molar-refractivity contribution in [1.29, 1.82) is 0 Å². The average molecular weight is 242 g/mol. The van der Waals surface area contributed by atoms with E-state index in [0.717, 1.165) is 13.1 Å². The standard InChI is InChI=1S/C16H22N2/c1-4-18(5-2)15-8-12-7-14-6-11(3)17-16(14)10-13(12)9-15/h6-7,10,15,17H,4-5,8-9H2,1-3H3. The molecule has 1 atom stereocenters. The van der Waals surface area contributed by atoms with Crippen LogP contribution in [0.25, 0.3) is 10.9 Å². The molecule has 96 valence electrons. The quantitative estimate of drug-likeness (QED) is 0.875. The number of aryl methyl sites for hydroxylation is 1. The lowest BCUT2D eigenvalue weighted by Gasteiger charge is -2.25. The Morgan fingerprint density at radius 2 is 1.78 bits per heavy atom. The van der Waals surface area contributed by atoms with E-state index in [0.29, 0.717) is 6.04 Å². The smallest absolute Gasteiger partial charge is 0.0458 e. The molecule has 1 aromatic heterocycles. The third-order valence-corrected chi connectivity index (χ3v) is 4.32. The summed E-state index contributed by atoms with van der Waals surface area (Å²) in [7, 11) is 0. The second-order valence-electron chi connectivity index (χ2n) is 5.44. The molecule has 0 amide bonds. The zero-order valence-electron chi connectivity index (χ0n) is 11.6. The maximum atomic E-state index is 3.45. The summed E-state index contributed by atoms with van der Waals surface area (Å²) in [6.07, 6.45) is 2.43. The van der Waals surface area contributed by atoms with Crippen LogP contribution < -0.4 is 0 Å². The summed E-state index contributed by atoms with van der Waals surface area (Å²) in [5, 5.41) is 1.37. The Hall–Kier alpha value is -1.28. The molecule has 0 saturated carbocycles. The molecule has 2 heteroatoms. The first-order valence-electron chi connectivity index (χ1n) is 7.06. The van der Waals surface area contributed by atoms with Gasteiger partial charge in [0, 0.05) is 17.3 Å². The van der Waals surface area contributed by atoms with Gasteiger partial charge in [0.05, 0.1) is 0 Å². The van der Waals surface area contributed by atoms with Gasteiger partial charge < -0.3 is 9.88 Å². The topological polar surface area (TPSA) is 19.0 Å². The highest BCUT2D eigenvalue weighted by atomic mass is 15.1. The molecule has 1 N–H and O–H groups in total. The van der Waals surface area contributed by atoms with Gasteiger partial charge in [0.25, 0.3) is 0 Å². The van der Waals surface area contributed by atoms with Crippen LogP contribution >= 0.6 is 0 Å². The SMILES string of the molecule is CCN(CC)C1Cc2cc3cc(C)[nH]c3cc2C1. The Bertz CT molecular complexity index is 521. The van der Waals surface area contributed by atoms with Crippen LogP contribution in [-0.4, -0.2) is 29.0 Å². The van der Waals surface area contributed by atoms with E-state index in [1.807, 2.05) is 0 Å². The predicted molar refractivity (Wildman–Crippen MR) is 77.2 cm³/mol. The minimum Gasteiger partial charge on any atom is -0.359 e. The van der Waals surface area contributed by atoms with Gasteiger partial charge in [-0.05, 0) is 67.6 Å². The summed E-state index contributed by atoms with van der Waals surface area (Å²) in [4.78, 5) is 6.03. The van der Waals surface area contributed by atoms with E-state index in [4.69, 9.17) is 0 Å². The Morgan fingerprint density at radius 3 is 2.44 bits per heavy atom. The Balaban J connectivity index is 1.93. The molecule has 0 spiro atoms. The lowest BCUT2D eigenvalue weighted by molar-refractivity contribution is 0.223. The molecule has 0 radical (unpaired) electrons. The van der Waals surface area contributed by atoms with Gasteiger partial charge in [0.2, 0.25) is 0 Å². The number of rotatable bonds is 3. The van der Waals surface area contributed by atoms with Crippen molar-refractivity contribution in [3.63, 3.8) is 0 Å². The number of aromatic amines is 1. The van der Waals surface area contributed by atoms with Gasteiger partial charge in [-0.15, -0.1) is 0 Å².